The molecule has 132 valence electrons. The monoisotopic (exact) mass is 346 g/mol. The molecule has 2 aromatic carbocycles. The third kappa shape index (κ3) is 3.47. The fraction of sp³-hybridized carbons (Fsp3) is 0.238. The average Bonchev–Trinajstić information content (AvgIpc) is 3.20. The number of carbonyl (C=O) groups excluding carboxylic acids is 1. The molecule has 1 saturated heterocycles. The molecule has 0 atom stereocenters. The van der Waals surface area contributed by atoms with Gasteiger partial charge in [-0.1, -0.05) is 36.4 Å². The lowest BCUT2D eigenvalue weighted by atomic mass is 10.1. The van der Waals surface area contributed by atoms with Crippen molar-refractivity contribution < 1.29 is 4.79 Å². The number of carbonyl (C=O) groups is 1. The molecule has 1 aliphatic rings. The van der Waals surface area contributed by atoms with Crippen molar-refractivity contribution >= 4 is 17.3 Å². The van der Waals surface area contributed by atoms with E-state index < -0.39 is 0 Å². The highest BCUT2D eigenvalue weighted by Crippen LogP contribution is 2.25. The third-order valence-corrected chi connectivity index (χ3v) is 4.77. The molecule has 2 heterocycles. The second-order valence-corrected chi connectivity index (χ2v) is 6.58. The Morgan fingerprint density at radius 1 is 1.00 bits per heavy atom. The minimum Gasteiger partial charge on any atom is -0.371 e. The quantitative estimate of drug-likeness (QED) is 0.739. The zero-order chi connectivity index (χ0) is 17.8. The first kappa shape index (κ1) is 16.4. The van der Waals surface area contributed by atoms with E-state index in [0.29, 0.717) is 5.56 Å². The van der Waals surface area contributed by atoms with Crippen LogP contribution in [0.25, 0.3) is 11.3 Å². The molecular weight excluding hydrogens is 324 g/mol. The highest BCUT2D eigenvalue weighted by molar-refractivity contribution is 6.08. The summed E-state index contributed by atoms with van der Waals surface area (Å²) < 4.78 is 0. The third-order valence-electron chi connectivity index (χ3n) is 4.77. The number of amides is 1. The molecule has 1 aromatic heterocycles. The van der Waals surface area contributed by atoms with Crippen molar-refractivity contribution in [3.8, 4) is 11.3 Å². The Hall–Kier alpha value is -3.08. The van der Waals surface area contributed by atoms with Crippen LogP contribution in [0, 0.1) is 0 Å². The highest BCUT2D eigenvalue weighted by Gasteiger charge is 2.16. The average molecular weight is 346 g/mol. The smallest absolute Gasteiger partial charge is 0.259 e. The second kappa shape index (κ2) is 7.44. The molecule has 26 heavy (non-hydrogen) atoms. The lowest BCUT2D eigenvalue weighted by Crippen LogP contribution is -2.29. The number of piperidine rings is 1. The minimum absolute atomic E-state index is 0.159. The van der Waals surface area contributed by atoms with Gasteiger partial charge in [-0.2, -0.15) is 5.10 Å². The van der Waals surface area contributed by atoms with Crippen LogP contribution in [-0.2, 0) is 0 Å². The van der Waals surface area contributed by atoms with Gasteiger partial charge >= 0.3 is 0 Å². The van der Waals surface area contributed by atoms with Gasteiger partial charge in [0.15, 0.2) is 0 Å². The van der Waals surface area contributed by atoms with E-state index in [4.69, 9.17) is 0 Å². The van der Waals surface area contributed by atoms with Gasteiger partial charge in [0, 0.05) is 30.0 Å². The summed E-state index contributed by atoms with van der Waals surface area (Å²) in [6.07, 6.45) is 5.33. The van der Waals surface area contributed by atoms with Crippen molar-refractivity contribution in [2.24, 2.45) is 0 Å². The summed E-state index contributed by atoms with van der Waals surface area (Å²) in [7, 11) is 0. The van der Waals surface area contributed by atoms with Gasteiger partial charge in [-0.3, -0.25) is 9.89 Å². The summed E-state index contributed by atoms with van der Waals surface area (Å²) in [5.41, 5.74) is 4.18. The first-order valence-corrected chi connectivity index (χ1v) is 9.06. The van der Waals surface area contributed by atoms with Gasteiger partial charge in [-0.05, 0) is 37.5 Å². The number of rotatable bonds is 4. The van der Waals surface area contributed by atoms with E-state index in [1.165, 1.54) is 19.3 Å². The molecule has 1 aliphatic heterocycles. The van der Waals surface area contributed by atoms with Crippen LogP contribution in [0.2, 0.25) is 0 Å². The topological polar surface area (TPSA) is 61.0 Å². The van der Waals surface area contributed by atoms with E-state index >= 15 is 0 Å². The maximum atomic E-state index is 12.8. The normalized spacial score (nSPS) is 14.2. The molecule has 2 N–H and O–H groups in total. The molecule has 1 fully saturated rings. The predicted octanol–water partition coefficient (Wildman–Crippen LogP) is 4.32. The van der Waals surface area contributed by atoms with Gasteiger partial charge < -0.3 is 10.2 Å². The van der Waals surface area contributed by atoms with Crippen LogP contribution in [0.5, 0.6) is 0 Å². The van der Waals surface area contributed by atoms with Gasteiger partial charge in [0.1, 0.15) is 0 Å². The lowest BCUT2D eigenvalue weighted by Gasteiger charge is -2.29. The van der Waals surface area contributed by atoms with E-state index in [0.717, 1.165) is 35.7 Å². The van der Waals surface area contributed by atoms with Crippen molar-refractivity contribution in [3.05, 3.63) is 66.4 Å². The minimum atomic E-state index is -0.159. The van der Waals surface area contributed by atoms with Crippen LogP contribution in [0.4, 0.5) is 11.4 Å². The molecule has 0 spiro atoms. The van der Waals surface area contributed by atoms with E-state index in [-0.39, 0.29) is 5.91 Å². The Bertz CT molecular complexity index is 882. The summed E-state index contributed by atoms with van der Waals surface area (Å²) in [6.45, 7) is 2.16. The number of anilines is 2. The highest BCUT2D eigenvalue weighted by atomic mass is 16.1. The van der Waals surface area contributed by atoms with Crippen molar-refractivity contribution in [1.29, 1.82) is 0 Å². The predicted molar refractivity (Wildman–Crippen MR) is 104 cm³/mol. The van der Waals surface area contributed by atoms with Gasteiger partial charge in [0.25, 0.3) is 5.91 Å². The van der Waals surface area contributed by atoms with Crippen LogP contribution in [-0.4, -0.2) is 29.2 Å². The molecule has 0 saturated carbocycles. The Kier molecular flexibility index (Phi) is 4.69. The number of hydrogen-bond donors (Lipinski definition) is 2. The molecule has 0 bridgehead atoms. The number of aromatic nitrogens is 2. The Morgan fingerprint density at radius 2 is 1.81 bits per heavy atom. The van der Waals surface area contributed by atoms with E-state index in [1.54, 1.807) is 6.20 Å². The first-order valence-electron chi connectivity index (χ1n) is 9.06. The molecule has 5 nitrogen and oxygen atoms in total. The molecule has 0 unspecified atom stereocenters. The van der Waals surface area contributed by atoms with Crippen LogP contribution in [0.15, 0.2) is 60.8 Å². The van der Waals surface area contributed by atoms with Gasteiger partial charge in [0.2, 0.25) is 0 Å². The number of nitrogens with one attached hydrogen (secondary N) is 2. The Morgan fingerprint density at radius 3 is 2.62 bits per heavy atom. The SMILES string of the molecule is O=C(Nc1cccc(N2CCCCC2)c1)c1cn[nH]c1-c1ccccc1. The molecule has 5 heteroatoms. The standard InChI is InChI=1S/C21H22N4O/c26-21(19-15-22-24-20(19)16-8-3-1-4-9-16)23-17-10-7-11-18(14-17)25-12-5-2-6-13-25/h1,3-4,7-11,14-15H,2,5-6,12-13H2,(H,22,24)(H,23,26). The summed E-state index contributed by atoms with van der Waals surface area (Å²) in [4.78, 5) is 15.2. The van der Waals surface area contributed by atoms with Crippen LogP contribution < -0.4 is 10.2 Å². The lowest BCUT2D eigenvalue weighted by molar-refractivity contribution is 0.102. The van der Waals surface area contributed by atoms with Crippen molar-refractivity contribution in [2.75, 3.05) is 23.3 Å². The van der Waals surface area contributed by atoms with Crippen LogP contribution in [0.1, 0.15) is 29.6 Å². The number of hydrogen-bond acceptors (Lipinski definition) is 3. The maximum Gasteiger partial charge on any atom is 0.259 e. The van der Waals surface area contributed by atoms with Crippen LogP contribution in [0.3, 0.4) is 0 Å². The zero-order valence-electron chi connectivity index (χ0n) is 14.6. The Balaban J connectivity index is 1.53. The number of benzene rings is 2. The molecule has 4 rings (SSSR count). The van der Waals surface area contributed by atoms with Gasteiger partial charge in [-0.25, -0.2) is 0 Å². The van der Waals surface area contributed by atoms with Crippen molar-refractivity contribution in [2.45, 2.75) is 19.3 Å². The number of aromatic amines is 1. The molecule has 0 radical (unpaired) electrons. The summed E-state index contributed by atoms with van der Waals surface area (Å²) in [6, 6.07) is 17.8. The van der Waals surface area contributed by atoms with Gasteiger partial charge in [-0.15, -0.1) is 0 Å². The largest absolute Gasteiger partial charge is 0.371 e. The molecule has 3 aromatic rings. The van der Waals surface area contributed by atoms with Crippen molar-refractivity contribution in [1.82, 2.24) is 10.2 Å². The fourth-order valence-corrected chi connectivity index (χ4v) is 3.41. The zero-order valence-corrected chi connectivity index (χ0v) is 14.6. The second-order valence-electron chi connectivity index (χ2n) is 6.58. The van der Waals surface area contributed by atoms with Crippen LogP contribution >= 0.6 is 0 Å². The molecule has 1 amide bonds. The number of nitrogens with zero attached hydrogens (tertiary/aromatic N) is 2. The van der Waals surface area contributed by atoms with E-state index in [9.17, 15) is 4.79 Å². The van der Waals surface area contributed by atoms with Gasteiger partial charge in [0.05, 0.1) is 17.5 Å². The molecular formula is C21H22N4O. The molecule has 0 aliphatic carbocycles. The summed E-state index contributed by atoms with van der Waals surface area (Å²) in [5.74, 6) is -0.159. The fourth-order valence-electron chi connectivity index (χ4n) is 3.41. The summed E-state index contributed by atoms with van der Waals surface area (Å²) in [5, 5.41) is 10.00. The van der Waals surface area contributed by atoms with E-state index in [1.807, 2.05) is 48.5 Å². The van der Waals surface area contributed by atoms with Crippen molar-refractivity contribution in [3.63, 3.8) is 0 Å². The maximum absolute atomic E-state index is 12.8. The van der Waals surface area contributed by atoms with E-state index in [2.05, 4.69) is 26.5 Å². The number of H-pyrrole nitrogens is 1. The first-order chi connectivity index (χ1) is 12.8. The Labute approximate surface area is 153 Å². The summed E-state index contributed by atoms with van der Waals surface area (Å²) >= 11 is 0.